The van der Waals surface area contributed by atoms with E-state index in [9.17, 15) is 4.79 Å². The molecule has 4 rings (SSSR count). The van der Waals surface area contributed by atoms with Crippen LogP contribution in [0.4, 0.5) is 0 Å². The predicted octanol–water partition coefficient (Wildman–Crippen LogP) is 6.43. The van der Waals surface area contributed by atoms with E-state index in [1.54, 1.807) is 7.11 Å². The highest BCUT2D eigenvalue weighted by molar-refractivity contribution is 5.70. The Balaban J connectivity index is 1.48. The zero-order valence-corrected chi connectivity index (χ0v) is 21.8. The molecule has 0 saturated heterocycles. The molecule has 4 aromatic rings. The van der Waals surface area contributed by atoms with Crippen LogP contribution in [0.1, 0.15) is 34.6 Å². The number of aliphatic carboxylic acids is 1. The summed E-state index contributed by atoms with van der Waals surface area (Å²) in [7, 11) is 1.69. The average molecular weight is 510 g/mol. The second kappa shape index (κ2) is 14.0. The molecule has 0 unspecified atom stereocenters. The number of nitrogens with zero attached hydrogens (tertiary/aromatic N) is 1. The van der Waals surface area contributed by atoms with Gasteiger partial charge in [-0.25, -0.2) is 0 Å². The molecule has 1 N–H and O–H groups in total. The standard InChI is InChI=1S/C33H35NO4/c1-37-30-17-9-12-27(22-30)24-34(19-10-20-38-31-18-8-11-26(21-31)23-33(35)36)25-32(28-13-4-2-5-14-28)29-15-6-3-7-16-29/h2-9,11-18,21-22,32H,10,19-20,23-25H2,1H3,(H,35,36). The molecule has 0 aliphatic carbocycles. The van der Waals surface area contributed by atoms with Gasteiger partial charge in [-0.3, -0.25) is 9.69 Å². The summed E-state index contributed by atoms with van der Waals surface area (Å²) in [6.07, 6.45) is 0.829. The molecule has 5 nitrogen and oxygen atoms in total. The summed E-state index contributed by atoms with van der Waals surface area (Å²) in [6, 6.07) is 36.9. The van der Waals surface area contributed by atoms with Gasteiger partial charge in [0.1, 0.15) is 11.5 Å². The van der Waals surface area contributed by atoms with E-state index in [1.165, 1.54) is 16.7 Å². The molecular weight excluding hydrogens is 474 g/mol. The number of carboxylic acids is 1. The van der Waals surface area contributed by atoms with E-state index in [1.807, 2.05) is 36.4 Å². The third-order valence-electron chi connectivity index (χ3n) is 6.53. The quantitative estimate of drug-likeness (QED) is 0.199. The van der Waals surface area contributed by atoms with Crippen molar-refractivity contribution in [2.75, 3.05) is 26.8 Å². The van der Waals surface area contributed by atoms with Gasteiger partial charge in [-0.15, -0.1) is 0 Å². The maximum atomic E-state index is 11.0. The number of hydrogen-bond donors (Lipinski definition) is 1. The van der Waals surface area contributed by atoms with Gasteiger partial charge in [-0.05, 0) is 52.9 Å². The van der Waals surface area contributed by atoms with Crippen LogP contribution in [0.25, 0.3) is 0 Å². The summed E-state index contributed by atoms with van der Waals surface area (Å²) in [5, 5.41) is 9.07. The van der Waals surface area contributed by atoms with Crippen LogP contribution in [-0.2, 0) is 17.8 Å². The molecule has 4 aromatic carbocycles. The number of rotatable bonds is 14. The van der Waals surface area contributed by atoms with Gasteiger partial charge in [0.2, 0.25) is 0 Å². The molecule has 0 atom stereocenters. The largest absolute Gasteiger partial charge is 0.497 e. The maximum absolute atomic E-state index is 11.0. The Labute approximate surface area is 225 Å². The highest BCUT2D eigenvalue weighted by Gasteiger charge is 2.19. The molecule has 0 aliphatic rings. The Hall–Kier alpha value is -4.09. The predicted molar refractivity (Wildman–Crippen MR) is 151 cm³/mol. The van der Waals surface area contributed by atoms with Gasteiger partial charge < -0.3 is 14.6 Å². The third-order valence-corrected chi connectivity index (χ3v) is 6.53. The summed E-state index contributed by atoms with van der Waals surface area (Å²) < 4.78 is 11.5. The van der Waals surface area contributed by atoms with Gasteiger partial charge >= 0.3 is 5.97 Å². The van der Waals surface area contributed by atoms with Crippen molar-refractivity contribution >= 4 is 5.97 Å². The lowest BCUT2D eigenvalue weighted by Gasteiger charge is -2.28. The first-order valence-electron chi connectivity index (χ1n) is 13.0. The molecule has 5 heteroatoms. The van der Waals surface area contributed by atoms with Crippen molar-refractivity contribution in [2.24, 2.45) is 0 Å². The number of carboxylic acid groups (broad SMARTS) is 1. The van der Waals surface area contributed by atoms with Crippen molar-refractivity contribution in [3.8, 4) is 11.5 Å². The van der Waals surface area contributed by atoms with Crippen LogP contribution in [0.5, 0.6) is 11.5 Å². The topological polar surface area (TPSA) is 59.0 Å². The molecule has 0 fully saturated rings. The average Bonchev–Trinajstić information content (AvgIpc) is 2.94. The fourth-order valence-corrected chi connectivity index (χ4v) is 4.69. The van der Waals surface area contributed by atoms with Crippen molar-refractivity contribution in [1.82, 2.24) is 4.90 Å². The maximum Gasteiger partial charge on any atom is 0.307 e. The molecule has 0 aliphatic heterocycles. The van der Waals surface area contributed by atoms with Crippen LogP contribution >= 0.6 is 0 Å². The molecule has 0 radical (unpaired) electrons. The van der Waals surface area contributed by atoms with Gasteiger partial charge in [-0.2, -0.15) is 0 Å². The smallest absolute Gasteiger partial charge is 0.307 e. The van der Waals surface area contributed by atoms with Crippen molar-refractivity contribution in [3.63, 3.8) is 0 Å². The summed E-state index contributed by atoms with van der Waals surface area (Å²) in [6.45, 7) is 3.05. The zero-order chi connectivity index (χ0) is 26.6. The normalized spacial score (nSPS) is 11.0. The lowest BCUT2D eigenvalue weighted by Crippen LogP contribution is -2.30. The number of benzene rings is 4. The molecule has 0 bridgehead atoms. The Kier molecular flexibility index (Phi) is 9.94. The van der Waals surface area contributed by atoms with E-state index in [4.69, 9.17) is 14.6 Å². The van der Waals surface area contributed by atoms with Gasteiger partial charge in [-0.1, -0.05) is 84.9 Å². The van der Waals surface area contributed by atoms with E-state index >= 15 is 0 Å². The Morgan fingerprint density at radius 3 is 2.03 bits per heavy atom. The van der Waals surface area contributed by atoms with Crippen LogP contribution in [0.2, 0.25) is 0 Å². The van der Waals surface area contributed by atoms with E-state index in [2.05, 4.69) is 77.7 Å². The van der Waals surface area contributed by atoms with Gasteiger partial charge in [0.15, 0.2) is 0 Å². The van der Waals surface area contributed by atoms with Crippen molar-refractivity contribution in [2.45, 2.75) is 25.3 Å². The van der Waals surface area contributed by atoms with Crippen molar-refractivity contribution in [3.05, 3.63) is 131 Å². The lowest BCUT2D eigenvalue weighted by molar-refractivity contribution is -0.136. The van der Waals surface area contributed by atoms with Crippen molar-refractivity contribution in [1.29, 1.82) is 0 Å². The minimum Gasteiger partial charge on any atom is -0.497 e. The number of carbonyl (C=O) groups is 1. The second-order valence-electron chi connectivity index (χ2n) is 9.38. The van der Waals surface area contributed by atoms with Crippen LogP contribution in [-0.4, -0.2) is 42.8 Å². The molecule has 0 heterocycles. The second-order valence-corrected chi connectivity index (χ2v) is 9.38. The van der Waals surface area contributed by atoms with E-state index in [0.29, 0.717) is 12.4 Å². The fraction of sp³-hybridized carbons (Fsp3) is 0.242. The Bertz CT molecular complexity index is 1240. The summed E-state index contributed by atoms with van der Waals surface area (Å²) in [4.78, 5) is 13.5. The van der Waals surface area contributed by atoms with Crippen LogP contribution in [0, 0.1) is 0 Å². The van der Waals surface area contributed by atoms with Gasteiger partial charge in [0, 0.05) is 25.6 Å². The summed E-state index contributed by atoms with van der Waals surface area (Å²) in [5.41, 5.74) is 4.52. The Morgan fingerprint density at radius 1 is 0.789 bits per heavy atom. The zero-order valence-electron chi connectivity index (χ0n) is 21.8. The SMILES string of the molecule is COc1cccc(CN(CCCOc2cccc(CC(=O)O)c2)CC(c2ccccc2)c2ccccc2)c1. The fourth-order valence-electron chi connectivity index (χ4n) is 4.69. The Morgan fingerprint density at radius 2 is 1.39 bits per heavy atom. The minimum atomic E-state index is -0.846. The van der Waals surface area contributed by atoms with Gasteiger partial charge in [0.05, 0.1) is 20.1 Å². The molecule has 0 spiro atoms. The first kappa shape index (κ1) is 27.0. The number of ether oxygens (including phenoxy) is 2. The molecule has 0 amide bonds. The van der Waals surface area contributed by atoms with E-state index in [-0.39, 0.29) is 12.3 Å². The van der Waals surface area contributed by atoms with Gasteiger partial charge in [0.25, 0.3) is 0 Å². The van der Waals surface area contributed by atoms with Crippen LogP contribution in [0.15, 0.2) is 109 Å². The van der Waals surface area contributed by atoms with Crippen LogP contribution in [0.3, 0.4) is 0 Å². The molecule has 0 saturated carbocycles. The first-order chi connectivity index (χ1) is 18.6. The highest BCUT2D eigenvalue weighted by Crippen LogP contribution is 2.27. The van der Waals surface area contributed by atoms with Crippen LogP contribution < -0.4 is 9.47 Å². The van der Waals surface area contributed by atoms with E-state index < -0.39 is 5.97 Å². The van der Waals surface area contributed by atoms with E-state index in [0.717, 1.165) is 37.4 Å². The summed E-state index contributed by atoms with van der Waals surface area (Å²) >= 11 is 0. The molecule has 196 valence electrons. The number of hydrogen-bond acceptors (Lipinski definition) is 4. The third kappa shape index (κ3) is 8.22. The molecule has 0 aromatic heterocycles. The first-order valence-corrected chi connectivity index (χ1v) is 13.0. The summed E-state index contributed by atoms with van der Waals surface area (Å²) in [5.74, 6) is 0.947. The monoisotopic (exact) mass is 509 g/mol. The highest BCUT2D eigenvalue weighted by atomic mass is 16.5. The number of methoxy groups -OCH3 is 1. The lowest BCUT2D eigenvalue weighted by atomic mass is 9.90. The minimum absolute atomic E-state index is 0.00806. The molecular formula is C33H35NO4. The molecule has 38 heavy (non-hydrogen) atoms. The van der Waals surface area contributed by atoms with Crippen molar-refractivity contribution < 1.29 is 19.4 Å².